The summed E-state index contributed by atoms with van der Waals surface area (Å²) < 4.78 is 5.10. The lowest BCUT2D eigenvalue weighted by Gasteiger charge is -2.22. The summed E-state index contributed by atoms with van der Waals surface area (Å²) in [5, 5.41) is 2.64. The summed E-state index contributed by atoms with van der Waals surface area (Å²) in [6, 6.07) is -0.230. The molecule has 0 saturated carbocycles. The fourth-order valence-electron chi connectivity index (χ4n) is 1.15. The summed E-state index contributed by atoms with van der Waals surface area (Å²) in [4.78, 5) is 24.6. The monoisotopic (exact) mass is 244 g/mol. The Hall–Kier alpha value is -1.26. The van der Waals surface area contributed by atoms with Crippen molar-refractivity contribution in [1.82, 2.24) is 10.2 Å². The number of amides is 2. The fourth-order valence-corrected chi connectivity index (χ4v) is 1.15. The van der Waals surface area contributed by atoms with Gasteiger partial charge in [0, 0.05) is 26.1 Å². The van der Waals surface area contributed by atoms with Gasteiger partial charge in [0.15, 0.2) is 0 Å². The van der Waals surface area contributed by atoms with Crippen molar-refractivity contribution in [3.05, 3.63) is 0 Å². The molecule has 1 unspecified atom stereocenters. The summed E-state index contributed by atoms with van der Waals surface area (Å²) >= 11 is 0. The molecule has 0 aromatic rings. The molecule has 100 valence electrons. The first kappa shape index (κ1) is 15.7. The van der Waals surface area contributed by atoms with Crippen LogP contribution in [0.1, 0.15) is 41.0 Å². The van der Waals surface area contributed by atoms with Gasteiger partial charge in [0.25, 0.3) is 0 Å². The maximum Gasteiger partial charge on any atom is 0.407 e. The molecule has 0 aliphatic carbocycles. The van der Waals surface area contributed by atoms with Crippen molar-refractivity contribution >= 4 is 12.0 Å². The number of rotatable bonds is 4. The summed E-state index contributed by atoms with van der Waals surface area (Å²) in [7, 11) is 1.74. The lowest BCUT2D eigenvalue weighted by atomic mass is 10.2. The minimum absolute atomic E-state index is 0.0102. The molecule has 0 radical (unpaired) electrons. The minimum atomic E-state index is -0.520. The molecule has 1 atom stereocenters. The van der Waals surface area contributed by atoms with Gasteiger partial charge in [0.2, 0.25) is 5.91 Å². The van der Waals surface area contributed by atoms with Crippen LogP contribution in [-0.2, 0) is 9.53 Å². The average Bonchev–Trinajstić information content (AvgIpc) is 2.12. The molecular weight excluding hydrogens is 220 g/mol. The van der Waals surface area contributed by atoms with Crippen LogP contribution in [0, 0.1) is 0 Å². The maximum absolute atomic E-state index is 11.6. The van der Waals surface area contributed by atoms with Crippen LogP contribution in [-0.4, -0.2) is 42.1 Å². The van der Waals surface area contributed by atoms with Gasteiger partial charge in [-0.3, -0.25) is 4.79 Å². The van der Waals surface area contributed by atoms with Crippen LogP contribution in [0.25, 0.3) is 0 Å². The zero-order valence-corrected chi connectivity index (χ0v) is 11.7. The topological polar surface area (TPSA) is 58.6 Å². The second-order valence-corrected chi connectivity index (χ2v) is 5.16. The molecule has 0 heterocycles. The summed E-state index contributed by atoms with van der Waals surface area (Å²) in [5.41, 5.74) is -0.520. The number of alkyl carbamates (subject to hydrolysis) is 1. The predicted octanol–water partition coefficient (Wildman–Crippen LogP) is 1.77. The Morgan fingerprint density at radius 3 is 2.29 bits per heavy atom. The van der Waals surface area contributed by atoms with Gasteiger partial charge in [-0.2, -0.15) is 0 Å². The molecule has 5 nitrogen and oxygen atoms in total. The zero-order valence-electron chi connectivity index (χ0n) is 11.7. The van der Waals surface area contributed by atoms with Crippen molar-refractivity contribution in [3.63, 3.8) is 0 Å². The van der Waals surface area contributed by atoms with Gasteiger partial charge in [-0.15, -0.1) is 0 Å². The van der Waals surface area contributed by atoms with E-state index in [1.165, 1.54) is 0 Å². The van der Waals surface area contributed by atoms with Crippen LogP contribution < -0.4 is 5.32 Å². The van der Waals surface area contributed by atoms with Crippen molar-refractivity contribution in [1.29, 1.82) is 0 Å². The summed E-state index contributed by atoms with van der Waals surface area (Å²) in [6.45, 7) is 9.75. The Bertz CT molecular complexity index is 271. The Morgan fingerprint density at radius 2 is 1.88 bits per heavy atom. The van der Waals surface area contributed by atoms with Gasteiger partial charge in [-0.05, 0) is 34.6 Å². The van der Waals surface area contributed by atoms with Gasteiger partial charge in [-0.25, -0.2) is 4.79 Å². The van der Waals surface area contributed by atoms with Gasteiger partial charge < -0.3 is 15.0 Å². The predicted molar refractivity (Wildman–Crippen MR) is 66.8 cm³/mol. The highest BCUT2D eigenvalue weighted by molar-refractivity contribution is 5.77. The lowest BCUT2D eigenvalue weighted by Crippen LogP contribution is -2.40. The Balaban J connectivity index is 4.06. The third-order valence-corrected chi connectivity index (χ3v) is 2.14. The number of nitrogens with zero attached hydrogens (tertiary/aromatic N) is 1. The summed E-state index contributed by atoms with van der Waals surface area (Å²) in [5.74, 6) is 0.0102. The van der Waals surface area contributed by atoms with Crippen LogP contribution in [0.4, 0.5) is 4.79 Å². The molecule has 1 N–H and O–H groups in total. The number of carbonyl (C=O) groups excluding carboxylic acids is 2. The van der Waals surface area contributed by atoms with E-state index in [-0.39, 0.29) is 18.4 Å². The van der Waals surface area contributed by atoms with E-state index in [2.05, 4.69) is 5.32 Å². The number of nitrogens with one attached hydrogen (secondary N) is 1. The quantitative estimate of drug-likeness (QED) is 0.820. The van der Waals surface area contributed by atoms with Crippen molar-refractivity contribution in [2.24, 2.45) is 0 Å². The van der Waals surface area contributed by atoms with Crippen molar-refractivity contribution in [2.45, 2.75) is 52.7 Å². The van der Waals surface area contributed by atoms with Crippen LogP contribution in [0.15, 0.2) is 0 Å². The average molecular weight is 244 g/mol. The maximum atomic E-state index is 11.6. The number of carbonyl (C=O) groups is 2. The first-order valence-corrected chi connectivity index (χ1v) is 5.89. The largest absolute Gasteiger partial charge is 0.444 e. The molecule has 5 heteroatoms. The fraction of sp³-hybridized carbons (Fsp3) is 0.833. The molecule has 0 aliphatic rings. The number of hydrogen-bond acceptors (Lipinski definition) is 3. The van der Waals surface area contributed by atoms with Crippen molar-refractivity contribution in [3.8, 4) is 0 Å². The van der Waals surface area contributed by atoms with E-state index in [1.807, 2.05) is 6.92 Å². The molecule has 0 bridgehead atoms. The van der Waals surface area contributed by atoms with Gasteiger partial charge in [0.05, 0.1) is 0 Å². The zero-order chi connectivity index (χ0) is 13.6. The third kappa shape index (κ3) is 7.60. The van der Waals surface area contributed by atoms with Crippen molar-refractivity contribution < 1.29 is 14.3 Å². The highest BCUT2D eigenvalue weighted by Gasteiger charge is 2.19. The molecule has 2 amide bonds. The first-order chi connectivity index (χ1) is 7.65. The Labute approximate surface area is 103 Å². The highest BCUT2D eigenvalue weighted by Crippen LogP contribution is 2.07. The van der Waals surface area contributed by atoms with Crippen LogP contribution in [0.3, 0.4) is 0 Å². The van der Waals surface area contributed by atoms with E-state index >= 15 is 0 Å². The second kappa shape index (κ2) is 6.47. The molecule has 0 aliphatic heterocycles. The summed E-state index contributed by atoms with van der Waals surface area (Å²) in [6.07, 6.45) is -0.208. The first-order valence-electron chi connectivity index (χ1n) is 5.89. The Kier molecular flexibility index (Phi) is 5.99. The molecular formula is C12H24N2O3. The Morgan fingerprint density at radius 1 is 1.35 bits per heavy atom. The van der Waals surface area contributed by atoms with Crippen LogP contribution in [0.2, 0.25) is 0 Å². The van der Waals surface area contributed by atoms with Crippen molar-refractivity contribution in [2.75, 3.05) is 13.6 Å². The van der Waals surface area contributed by atoms with E-state index in [0.717, 1.165) is 0 Å². The normalized spacial score (nSPS) is 12.8. The van der Waals surface area contributed by atoms with E-state index in [4.69, 9.17) is 4.74 Å². The molecule has 0 saturated heterocycles. The SMILES string of the molecule is CCN(C)C(=O)CC(C)NC(=O)OC(C)(C)C. The van der Waals surface area contributed by atoms with Gasteiger partial charge in [-0.1, -0.05) is 0 Å². The minimum Gasteiger partial charge on any atom is -0.444 e. The smallest absolute Gasteiger partial charge is 0.407 e. The molecule has 17 heavy (non-hydrogen) atoms. The highest BCUT2D eigenvalue weighted by atomic mass is 16.6. The number of hydrogen-bond donors (Lipinski definition) is 1. The molecule has 0 fully saturated rings. The van der Waals surface area contributed by atoms with E-state index < -0.39 is 11.7 Å². The molecule has 0 aromatic carbocycles. The van der Waals surface area contributed by atoms with E-state index in [1.54, 1.807) is 39.6 Å². The third-order valence-electron chi connectivity index (χ3n) is 2.14. The van der Waals surface area contributed by atoms with Crippen LogP contribution in [0.5, 0.6) is 0 Å². The van der Waals surface area contributed by atoms with E-state index in [9.17, 15) is 9.59 Å². The lowest BCUT2D eigenvalue weighted by molar-refractivity contribution is -0.130. The van der Waals surface area contributed by atoms with Gasteiger partial charge in [0.1, 0.15) is 5.60 Å². The number of ether oxygens (including phenoxy) is 1. The second-order valence-electron chi connectivity index (χ2n) is 5.16. The standard InChI is InChI=1S/C12H24N2O3/c1-7-14(6)10(15)8-9(2)13-11(16)17-12(3,4)5/h9H,7-8H2,1-6H3,(H,13,16). The van der Waals surface area contributed by atoms with Crippen LogP contribution >= 0.6 is 0 Å². The molecule has 0 aromatic heterocycles. The molecule has 0 spiro atoms. The molecule has 0 rings (SSSR count). The van der Waals surface area contributed by atoms with E-state index in [0.29, 0.717) is 6.54 Å². The van der Waals surface area contributed by atoms with Gasteiger partial charge >= 0.3 is 6.09 Å².